The fourth-order valence-electron chi connectivity index (χ4n) is 4.75. The van der Waals surface area contributed by atoms with Crippen LogP contribution in [0.1, 0.15) is 155 Å². The van der Waals surface area contributed by atoms with Crippen molar-refractivity contribution in [1.82, 2.24) is 4.90 Å². The Balaban J connectivity index is 3.64. The van der Waals surface area contributed by atoms with Gasteiger partial charge in [-0.1, -0.05) is 142 Å². The van der Waals surface area contributed by atoms with Gasteiger partial charge in [-0.15, -0.1) is 0 Å². The van der Waals surface area contributed by atoms with Gasteiger partial charge in [0.05, 0.1) is 0 Å². The van der Waals surface area contributed by atoms with E-state index in [0.717, 1.165) is 25.2 Å². The summed E-state index contributed by atoms with van der Waals surface area (Å²) in [5.41, 5.74) is 0. The Morgan fingerprint density at radius 2 is 1.17 bits per heavy atom. The molecule has 0 fully saturated rings. The van der Waals surface area contributed by atoms with Gasteiger partial charge in [-0.25, -0.2) is 0 Å². The van der Waals surface area contributed by atoms with E-state index < -0.39 is 0 Å². The summed E-state index contributed by atoms with van der Waals surface area (Å²) in [6, 6.07) is 0. The second-order valence-corrected chi connectivity index (χ2v) is 11.0. The molecule has 35 heavy (non-hydrogen) atoms. The average molecular weight is 494 g/mol. The molecule has 0 N–H and O–H groups in total. The summed E-state index contributed by atoms with van der Waals surface area (Å²) in [5.74, 6) is 0.894. The van der Waals surface area contributed by atoms with E-state index in [1.54, 1.807) is 0 Å². The standard InChI is InChI=1S/C32H63NO2/c1-5-7-9-11-14-17-21-25-31(28-29-33(3)4)26-22-18-15-12-13-16-19-23-27-32(34)35-30-24-20-10-8-6-2/h20,24,31H,5-19,21-23,25-30H2,1-4H3. The highest BCUT2D eigenvalue weighted by molar-refractivity contribution is 5.69. The first kappa shape index (κ1) is 34.2. The second-order valence-electron chi connectivity index (χ2n) is 11.0. The van der Waals surface area contributed by atoms with E-state index in [9.17, 15) is 4.79 Å². The highest BCUT2D eigenvalue weighted by Gasteiger charge is 2.09. The number of unbranched alkanes of at least 4 members (excludes halogenated alkanes) is 15. The normalized spacial score (nSPS) is 12.6. The summed E-state index contributed by atoms with van der Waals surface area (Å²) in [5, 5.41) is 0. The molecule has 0 aromatic heterocycles. The molecule has 0 saturated heterocycles. The maximum atomic E-state index is 11.8. The molecule has 3 nitrogen and oxygen atoms in total. The van der Waals surface area contributed by atoms with E-state index in [4.69, 9.17) is 4.74 Å². The first-order chi connectivity index (χ1) is 17.1. The smallest absolute Gasteiger partial charge is 0.306 e. The minimum Gasteiger partial charge on any atom is -0.461 e. The summed E-state index contributed by atoms with van der Waals surface area (Å²) in [6.45, 7) is 6.17. The molecule has 0 rings (SSSR count). The molecule has 3 heteroatoms. The van der Waals surface area contributed by atoms with E-state index >= 15 is 0 Å². The number of hydrogen-bond donors (Lipinski definition) is 0. The molecule has 0 heterocycles. The maximum absolute atomic E-state index is 11.8. The Bertz CT molecular complexity index is 460. The molecule has 0 bridgehead atoms. The van der Waals surface area contributed by atoms with Gasteiger partial charge in [-0.05, 0) is 45.8 Å². The van der Waals surface area contributed by atoms with Gasteiger partial charge in [0.1, 0.15) is 6.61 Å². The van der Waals surface area contributed by atoms with Crippen LogP contribution in [-0.2, 0) is 9.53 Å². The maximum Gasteiger partial charge on any atom is 0.306 e. The van der Waals surface area contributed by atoms with E-state index in [2.05, 4.69) is 38.9 Å². The minimum atomic E-state index is -0.0366. The molecule has 1 unspecified atom stereocenters. The van der Waals surface area contributed by atoms with Crippen LogP contribution in [0.3, 0.4) is 0 Å². The summed E-state index contributed by atoms with van der Waals surface area (Å²) in [6.07, 6.45) is 32.6. The number of carbonyl (C=O) groups is 1. The lowest BCUT2D eigenvalue weighted by Crippen LogP contribution is -2.17. The highest BCUT2D eigenvalue weighted by Crippen LogP contribution is 2.22. The summed E-state index contributed by atoms with van der Waals surface area (Å²) >= 11 is 0. The molecule has 0 aliphatic rings. The van der Waals surface area contributed by atoms with Gasteiger partial charge < -0.3 is 9.64 Å². The quantitative estimate of drug-likeness (QED) is 0.0647. The van der Waals surface area contributed by atoms with E-state index in [0.29, 0.717) is 13.0 Å². The molecule has 1 atom stereocenters. The number of ether oxygens (including phenoxy) is 1. The predicted molar refractivity (Wildman–Crippen MR) is 155 cm³/mol. The van der Waals surface area contributed by atoms with Crippen LogP contribution in [0, 0.1) is 5.92 Å². The molecule has 0 aromatic carbocycles. The molecule has 208 valence electrons. The molecular weight excluding hydrogens is 430 g/mol. The van der Waals surface area contributed by atoms with Gasteiger partial charge in [-0.3, -0.25) is 4.79 Å². The zero-order valence-electron chi connectivity index (χ0n) is 24.5. The van der Waals surface area contributed by atoms with Gasteiger partial charge in [0.15, 0.2) is 0 Å². The highest BCUT2D eigenvalue weighted by atomic mass is 16.5. The van der Waals surface area contributed by atoms with E-state index in [1.807, 2.05) is 6.08 Å². The second kappa shape index (κ2) is 27.8. The van der Waals surface area contributed by atoms with Gasteiger partial charge in [-0.2, -0.15) is 0 Å². The summed E-state index contributed by atoms with van der Waals surface area (Å²) in [7, 11) is 4.42. The first-order valence-electron chi connectivity index (χ1n) is 15.5. The lowest BCUT2D eigenvalue weighted by atomic mass is 9.91. The zero-order chi connectivity index (χ0) is 25.8. The van der Waals surface area contributed by atoms with Crippen LogP contribution >= 0.6 is 0 Å². The predicted octanol–water partition coefficient (Wildman–Crippen LogP) is 9.89. The third kappa shape index (κ3) is 27.6. The lowest BCUT2D eigenvalue weighted by molar-refractivity contribution is -0.142. The number of nitrogens with zero attached hydrogens (tertiary/aromatic N) is 1. The van der Waals surface area contributed by atoms with Crippen molar-refractivity contribution in [3.63, 3.8) is 0 Å². The van der Waals surface area contributed by atoms with Gasteiger partial charge in [0.2, 0.25) is 0 Å². The monoisotopic (exact) mass is 493 g/mol. The Morgan fingerprint density at radius 3 is 1.71 bits per heavy atom. The molecule has 0 radical (unpaired) electrons. The molecule has 0 amide bonds. The lowest BCUT2D eigenvalue weighted by Gasteiger charge is -2.19. The third-order valence-corrected chi connectivity index (χ3v) is 7.18. The average Bonchev–Trinajstić information content (AvgIpc) is 2.84. The number of rotatable bonds is 27. The fraction of sp³-hybridized carbons (Fsp3) is 0.906. The number of hydrogen-bond acceptors (Lipinski definition) is 3. The molecule has 0 aromatic rings. The molecule has 0 aliphatic heterocycles. The van der Waals surface area contributed by atoms with Crippen LogP contribution in [0.4, 0.5) is 0 Å². The topological polar surface area (TPSA) is 29.5 Å². The molecule has 0 aliphatic carbocycles. The van der Waals surface area contributed by atoms with Crippen molar-refractivity contribution in [2.75, 3.05) is 27.2 Å². The van der Waals surface area contributed by atoms with Crippen molar-refractivity contribution in [1.29, 1.82) is 0 Å². The van der Waals surface area contributed by atoms with Crippen molar-refractivity contribution in [2.24, 2.45) is 5.92 Å². The van der Waals surface area contributed by atoms with Crippen LogP contribution in [0.2, 0.25) is 0 Å². The number of carbonyl (C=O) groups excluding carboxylic acids is 1. The van der Waals surface area contributed by atoms with Gasteiger partial charge >= 0.3 is 5.97 Å². The number of esters is 1. The van der Waals surface area contributed by atoms with Crippen LogP contribution in [-0.4, -0.2) is 38.1 Å². The Morgan fingerprint density at radius 1 is 0.657 bits per heavy atom. The summed E-state index contributed by atoms with van der Waals surface area (Å²) in [4.78, 5) is 14.1. The van der Waals surface area contributed by atoms with Crippen LogP contribution in [0.15, 0.2) is 12.2 Å². The summed E-state index contributed by atoms with van der Waals surface area (Å²) < 4.78 is 5.27. The fourth-order valence-corrected chi connectivity index (χ4v) is 4.75. The molecule has 0 saturated carbocycles. The largest absolute Gasteiger partial charge is 0.461 e. The van der Waals surface area contributed by atoms with Crippen molar-refractivity contribution < 1.29 is 9.53 Å². The molecular formula is C32H63NO2. The number of allylic oxidation sites excluding steroid dienone is 1. The van der Waals surface area contributed by atoms with Crippen molar-refractivity contribution >= 4 is 5.97 Å². The Kier molecular flexibility index (Phi) is 27.1. The SMILES string of the molecule is CCCCC=CCOC(=O)CCCCCCCCCCC(CCCCCCCCC)CCN(C)C. The van der Waals surface area contributed by atoms with Crippen molar-refractivity contribution in [3.8, 4) is 0 Å². The van der Waals surface area contributed by atoms with Crippen LogP contribution < -0.4 is 0 Å². The zero-order valence-corrected chi connectivity index (χ0v) is 24.5. The van der Waals surface area contributed by atoms with Crippen molar-refractivity contribution in [3.05, 3.63) is 12.2 Å². The van der Waals surface area contributed by atoms with Gasteiger partial charge in [0, 0.05) is 6.42 Å². The molecule has 0 spiro atoms. The Hall–Kier alpha value is -0.830. The minimum absolute atomic E-state index is 0.0366. The van der Waals surface area contributed by atoms with E-state index in [-0.39, 0.29) is 5.97 Å². The van der Waals surface area contributed by atoms with E-state index in [1.165, 1.54) is 122 Å². The van der Waals surface area contributed by atoms with Crippen molar-refractivity contribution in [2.45, 2.75) is 155 Å². The third-order valence-electron chi connectivity index (χ3n) is 7.18. The Labute approximate surface area is 220 Å². The van der Waals surface area contributed by atoms with Crippen LogP contribution in [0.25, 0.3) is 0 Å². The first-order valence-corrected chi connectivity index (χ1v) is 15.5. The van der Waals surface area contributed by atoms with Gasteiger partial charge in [0.25, 0.3) is 0 Å². The van der Waals surface area contributed by atoms with Crippen LogP contribution in [0.5, 0.6) is 0 Å².